The monoisotopic (exact) mass is 565 g/mol. The molecule has 40 heavy (non-hydrogen) atoms. The molecule has 0 aromatic heterocycles. The third-order valence-corrected chi connectivity index (χ3v) is 5.92. The van der Waals surface area contributed by atoms with Crippen molar-refractivity contribution in [1.82, 2.24) is 0 Å². The fourth-order valence-corrected chi connectivity index (χ4v) is 3.62. The number of aliphatic carboxylic acids is 1. The van der Waals surface area contributed by atoms with Crippen LogP contribution < -0.4 is 15.2 Å². The molecule has 1 rings (SSSR count). The van der Waals surface area contributed by atoms with E-state index in [0.717, 1.165) is 0 Å². The van der Waals surface area contributed by atoms with Gasteiger partial charge in [0.2, 0.25) is 0 Å². The molecule has 0 heterocycles. The zero-order valence-electron chi connectivity index (χ0n) is 25.2. The maximum Gasteiger partial charge on any atom is 0.508 e. The number of ether oxygens (including phenoxy) is 4. The lowest BCUT2D eigenvalue weighted by Gasteiger charge is -2.26. The minimum atomic E-state index is -1.36. The summed E-state index contributed by atoms with van der Waals surface area (Å²) < 4.78 is 21.6. The number of carboxylic acids is 1. The minimum absolute atomic E-state index is 0.00935. The second-order valence-electron chi connectivity index (χ2n) is 12.3. The van der Waals surface area contributed by atoms with E-state index in [0.29, 0.717) is 24.3 Å². The first-order valence-corrected chi connectivity index (χ1v) is 13.9. The maximum absolute atomic E-state index is 12.6. The normalized spacial score (nSPS) is 13.9. The molecule has 0 aliphatic carbocycles. The van der Waals surface area contributed by atoms with Gasteiger partial charge in [-0.2, -0.15) is 0 Å². The molecule has 1 aromatic rings. The molecule has 0 bridgehead atoms. The van der Waals surface area contributed by atoms with Gasteiger partial charge in [0, 0.05) is 18.8 Å². The molecular weight excluding hydrogens is 518 g/mol. The maximum atomic E-state index is 12.6. The van der Waals surface area contributed by atoms with E-state index in [2.05, 4.69) is 0 Å². The van der Waals surface area contributed by atoms with Gasteiger partial charge >= 0.3 is 24.1 Å². The number of nitrogens with two attached hydrogens (primary N) is 1. The molecule has 0 spiro atoms. The predicted molar refractivity (Wildman–Crippen MR) is 150 cm³/mol. The largest absolute Gasteiger partial charge is 0.508 e. The molecule has 3 atom stereocenters. The van der Waals surface area contributed by atoms with E-state index in [1.54, 1.807) is 13.0 Å². The van der Waals surface area contributed by atoms with Crippen LogP contribution in [0.2, 0.25) is 0 Å². The van der Waals surface area contributed by atoms with Gasteiger partial charge in [-0.05, 0) is 61.1 Å². The molecule has 0 saturated heterocycles. The molecule has 226 valence electrons. The Morgan fingerprint density at radius 3 is 1.88 bits per heavy atom. The van der Waals surface area contributed by atoms with Gasteiger partial charge in [-0.15, -0.1) is 0 Å². The second kappa shape index (κ2) is 16.2. The Hall–Kier alpha value is -3.14. The third kappa shape index (κ3) is 13.8. The van der Waals surface area contributed by atoms with Crippen LogP contribution >= 0.6 is 0 Å². The Labute approximate surface area is 237 Å². The van der Waals surface area contributed by atoms with Crippen molar-refractivity contribution in [2.45, 2.75) is 106 Å². The highest BCUT2D eigenvalue weighted by atomic mass is 16.7. The summed E-state index contributed by atoms with van der Waals surface area (Å²) in [5.41, 5.74) is 6.21. The van der Waals surface area contributed by atoms with Gasteiger partial charge in [-0.3, -0.25) is 14.4 Å². The first kappa shape index (κ1) is 34.9. The molecule has 1 aromatic carbocycles. The molecule has 0 aliphatic heterocycles. The van der Waals surface area contributed by atoms with Crippen molar-refractivity contribution in [3.8, 4) is 11.5 Å². The van der Waals surface area contributed by atoms with Gasteiger partial charge in [0.15, 0.2) is 11.5 Å². The molecule has 2 unspecified atom stereocenters. The fourth-order valence-electron chi connectivity index (χ4n) is 3.62. The number of carbonyl (C=O) groups excluding carboxylic acids is 3. The summed E-state index contributed by atoms with van der Waals surface area (Å²) in [6, 6.07) is 3.12. The van der Waals surface area contributed by atoms with Crippen molar-refractivity contribution in [3.63, 3.8) is 0 Å². The zero-order chi connectivity index (χ0) is 30.6. The molecule has 10 heteroatoms. The minimum Gasteiger partial charge on any atom is -0.480 e. The highest BCUT2D eigenvalue weighted by molar-refractivity contribution is 5.77. The molecular formula is C30H47NO9. The Balaban J connectivity index is 3.26. The summed E-state index contributed by atoms with van der Waals surface area (Å²) >= 11 is 0. The van der Waals surface area contributed by atoms with Gasteiger partial charge in [0.05, 0.1) is 6.61 Å². The van der Waals surface area contributed by atoms with Crippen LogP contribution in [0.3, 0.4) is 0 Å². The van der Waals surface area contributed by atoms with E-state index >= 15 is 0 Å². The number of hydrogen-bond donors (Lipinski definition) is 2. The van der Waals surface area contributed by atoms with Crippen molar-refractivity contribution < 1.29 is 43.2 Å². The Kier molecular flexibility index (Phi) is 14.1. The van der Waals surface area contributed by atoms with Crippen molar-refractivity contribution in [2.24, 2.45) is 23.0 Å². The topological polar surface area (TPSA) is 151 Å². The predicted octanol–water partition coefficient (Wildman–Crippen LogP) is 5.84. The Morgan fingerprint density at radius 1 is 0.875 bits per heavy atom. The third-order valence-electron chi connectivity index (χ3n) is 5.92. The number of hydrogen-bond acceptors (Lipinski definition) is 9. The summed E-state index contributed by atoms with van der Waals surface area (Å²) in [5.74, 6) is -2.46. The Bertz CT molecular complexity index is 997. The van der Waals surface area contributed by atoms with Gasteiger partial charge in [-0.1, -0.05) is 54.5 Å². The number of rotatable bonds is 15. The lowest BCUT2D eigenvalue weighted by Crippen LogP contribution is -2.38. The van der Waals surface area contributed by atoms with Crippen LogP contribution in [0, 0.1) is 17.3 Å². The highest BCUT2D eigenvalue weighted by Gasteiger charge is 2.30. The zero-order valence-corrected chi connectivity index (χ0v) is 25.2. The summed E-state index contributed by atoms with van der Waals surface area (Å²) in [6.45, 7) is 15.4. The summed E-state index contributed by atoms with van der Waals surface area (Å²) in [7, 11) is 0. The van der Waals surface area contributed by atoms with Gasteiger partial charge in [0.1, 0.15) is 12.1 Å². The standard InChI is InChI=1S/C30H47NO9/c1-18(2)9-13-25(32)39-23-12-11-21(16-24(23)40-26(33)14-10-19(3)4)22(27(31)28(34)35)15-20(5)38-29(36)37-17-30(6,7)8/h11-12,16,18-20,22,27H,9-10,13-15,17,31H2,1-8H3,(H,34,35)/t20?,22?,27-/m0/s1. The summed E-state index contributed by atoms with van der Waals surface area (Å²) in [4.78, 5) is 49.0. The van der Waals surface area contributed by atoms with Crippen LogP contribution in [-0.4, -0.2) is 47.9 Å². The molecule has 0 radical (unpaired) electrons. The smallest absolute Gasteiger partial charge is 0.480 e. The van der Waals surface area contributed by atoms with Crippen molar-refractivity contribution in [3.05, 3.63) is 23.8 Å². The van der Waals surface area contributed by atoms with Crippen LogP contribution in [0.25, 0.3) is 0 Å². The number of benzene rings is 1. The molecule has 10 nitrogen and oxygen atoms in total. The lowest BCUT2D eigenvalue weighted by atomic mass is 9.87. The van der Waals surface area contributed by atoms with Gasteiger partial charge in [-0.25, -0.2) is 4.79 Å². The van der Waals surface area contributed by atoms with E-state index in [1.807, 2.05) is 48.5 Å². The van der Waals surface area contributed by atoms with Crippen LogP contribution in [0.15, 0.2) is 18.2 Å². The highest BCUT2D eigenvalue weighted by Crippen LogP contribution is 2.35. The van der Waals surface area contributed by atoms with E-state index in [1.165, 1.54) is 12.1 Å². The van der Waals surface area contributed by atoms with E-state index in [9.17, 15) is 24.3 Å². The molecule has 0 aliphatic rings. The first-order valence-electron chi connectivity index (χ1n) is 13.9. The quantitative estimate of drug-likeness (QED) is 0.196. The van der Waals surface area contributed by atoms with Crippen molar-refractivity contribution >= 4 is 24.1 Å². The number of carboxylic acid groups (broad SMARTS) is 1. The summed E-state index contributed by atoms with van der Waals surface area (Å²) in [6.07, 6.45) is 0.0179. The van der Waals surface area contributed by atoms with Gasteiger partial charge < -0.3 is 29.8 Å². The van der Waals surface area contributed by atoms with Crippen molar-refractivity contribution in [2.75, 3.05) is 6.61 Å². The van der Waals surface area contributed by atoms with E-state index < -0.39 is 42.1 Å². The number of esters is 2. The average Bonchev–Trinajstić information content (AvgIpc) is 2.83. The van der Waals surface area contributed by atoms with E-state index in [-0.39, 0.29) is 48.7 Å². The van der Waals surface area contributed by atoms with Crippen LogP contribution in [0.4, 0.5) is 4.79 Å². The van der Waals surface area contributed by atoms with Crippen LogP contribution in [0.5, 0.6) is 11.5 Å². The second-order valence-corrected chi connectivity index (χ2v) is 12.3. The fraction of sp³-hybridized carbons (Fsp3) is 0.667. The Morgan fingerprint density at radius 2 is 1.40 bits per heavy atom. The van der Waals surface area contributed by atoms with Crippen molar-refractivity contribution in [1.29, 1.82) is 0 Å². The average molecular weight is 566 g/mol. The van der Waals surface area contributed by atoms with Crippen LogP contribution in [-0.2, 0) is 23.9 Å². The van der Waals surface area contributed by atoms with Gasteiger partial charge in [0.25, 0.3) is 0 Å². The first-order chi connectivity index (χ1) is 18.5. The molecule has 3 N–H and O–H groups in total. The molecule has 0 saturated carbocycles. The molecule has 0 amide bonds. The van der Waals surface area contributed by atoms with E-state index in [4.69, 9.17) is 24.7 Å². The lowest BCUT2D eigenvalue weighted by molar-refractivity contribution is -0.139. The summed E-state index contributed by atoms with van der Waals surface area (Å²) in [5, 5.41) is 9.68. The number of carbonyl (C=O) groups is 4. The SMILES string of the molecule is CC(C)CCC(=O)Oc1ccc(C(CC(C)OC(=O)OCC(C)(C)C)[C@H](N)C(=O)O)cc1OC(=O)CCC(C)C. The molecule has 0 fully saturated rings. The van der Waals surface area contributed by atoms with Crippen LogP contribution in [0.1, 0.15) is 99.0 Å².